The highest BCUT2D eigenvalue weighted by Gasteiger charge is 2.14. The van der Waals surface area contributed by atoms with Crippen molar-refractivity contribution in [3.8, 4) is 11.4 Å². The van der Waals surface area contributed by atoms with Crippen LogP contribution < -0.4 is 0 Å². The topological polar surface area (TPSA) is 94.1 Å². The number of aliphatic hydroxyl groups is 1. The van der Waals surface area contributed by atoms with Gasteiger partial charge in [0.05, 0.1) is 4.92 Å². The number of nitrogens with zero attached hydrogens (tertiary/aromatic N) is 4. The van der Waals surface area contributed by atoms with E-state index >= 15 is 0 Å². The lowest BCUT2D eigenvalue weighted by atomic mass is 10.1. The van der Waals surface area contributed by atoms with Crippen molar-refractivity contribution in [1.29, 1.82) is 0 Å². The number of benzene rings is 1. The van der Waals surface area contributed by atoms with Crippen molar-refractivity contribution in [1.82, 2.24) is 14.8 Å². The third kappa shape index (κ3) is 1.95. The average molecular weight is 248 g/mol. The number of hydrogen-bond acceptors (Lipinski definition) is 5. The van der Waals surface area contributed by atoms with E-state index in [-0.39, 0.29) is 12.3 Å². The summed E-state index contributed by atoms with van der Waals surface area (Å²) in [4.78, 5) is 10.3. The molecule has 2 rings (SSSR count). The molecule has 0 spiro atoms. The Morgan fingerprint density at radius 1 is 1.44 bits per heavy atom. The van der Waals surface area contributed by atoms with Gasteiger partial charge in [-0.1, -0.05) is 0 Å². The van der Waals surface area contributed by atoms with E-state index in [0.717, 1.165) is 5.56 Å². The number of nitro benzene ring substituents is 1. The Bertz CT molecular complexity index is 606. The van der Waals surface area contributed by atoms with Crippen LogP contribution in [0.15, 0.2) is 18.2 Å². The summed E-state index contributed by atoms with van der Waals surface area (Å²) in [6, 6.07) is 4.75. The van der Waals surface area contributed by atoms with Gasteiger partial charge < -0.3 is 9.67 Å². The Morgan fingerprint density at radius 2 is 2.17 bits per heavy atom. The fraction of sp³-hybridized carbons (Fsp3) is 0.273. The lowest BCUT2D eigenvalue weighted by Gasteiger charge is -2.04. The van der Waals surface area contributed by atoms with Gasteiger partial charge in [-0.25, -0.2) is 0 Å². The van der Waals surface area contributed by atoms with Crippen molar-refractivity contribution in [2.24, 2.45) is 7.05 Å². The zero-order valence-electron chi connectivity index (χ0n) is 9.99. The number of rotatable bonds is 3. The van der Waals surface area contributed by atoms with Gasteiger partial charge in [-0.15, -0.1) is 10.2 Å². The van der Waals surface area contributed by atoms with E-state index in [9.17, 15) is 10.1 Å². The molecule has 0 aliphatic heterocycles. The average Bonchev–Trinajstić information content (AvgIpc) is 2.69. The molecule has 1 heterocycles. The highest BCUT2D eigenvalue weighted by molar-refractivity contribution is 5.60. The van der Waals surface area contributed by atoms with E-state index < -0.39 is 4.92 Å². The van der Waals surface area contributed by atoms with Gasteiger partial charge in [0, 0.05) is 24.2 Å². The molecule has 7 heteroatoms. The first-order valence-electron chi connectivity index (χ1n) is 5.29. The van der Waals surface area contributed by atoms with Gasteiger partial charge >= 0.3 is 0 Å². The molecule has 0 aliphatic rings. The molecule has 2 aromatic rings. The molecule has 0 aliphatic carbocycles. The van der Waals surface area contributed by atoms with Gasteiger partial charge in [0.15, 0.2) is 11.6 Å². The molecule has 0 saturated carbocycles. The van der Waals surface area contributed by atoms with E-state index in [4.69, 9.17) is 5.11 Å². The van der Waals surface area contributed by atoms with Crippen LogP contribution in [0.4, 0.5) is 5.69 Å². The minimum atomic E-state index is -0.422. The summed E-state index contributed by atoms with van der Waals surface area (Å²) in [7, 11) is 1.73. The first-order valence-corrected chi connectivity index (χ1v) is 5.29. The highest BCUT2D eigenvalue weighted by atomic mass is 16.6. The third-order valence-electron chi connectivity index (χ3n) is 2.76. The SMILES string of the molecule is Cc1cc(-c2nnc(CO)n2C)ccc1[N+](=O)[O-]. The van der Waals surface area contributed by atoms with Crippen LogP contribution in [0.5, 0.6) is 0 Å². The summed E-state index contributed by atoms with van der Waals surface area (Å²) in [5, 5.41) is 27.5. The van der Waals surface area contributed by atoms with Gasteiger partial charge in [-0.3, -0.25) is 10.1 Å². The molecule has 7 nitrogen and oxygen atoms in total. The number of aromatic nitrogens is 3. The largest absolute Gasteiger partial charge is 0.388 e. The van der Waals surface area contributed by atoms with Crippen LogP contribution in [-0.2, 0) is 13.7 Å². The lowest BCUT2D eigenvalue weighted by molar-refractivity contribution is -0.385. The van der Waals surface area contributed by atoms with Gasteiger partial charge in [0.2, 0.25) is 0 Å². The maximum absolute atomic E-state index is 10.7. The van der Waals surface area contributed by atoms with Crippen molar-refractivity contribution in [3.05, 3.63) is 39.7 Å². The molecule has 0 amide bonds. The van der Waals surface area contributed by atoms with E-state index in [2.05, 4.69) is 10.2 Å². The highest BCUT2D eigenvalue weighted by Crippen LogP contribution is 2.24. The van der Waals surface area contributed by atoms with Crippen LogP contribution in [0, 0.1) is 17.0 Å². The van der Waals surface area contributed by atoms with Crippen LogP contribution in [0.3, 0.4) is 0 Å². The molecule has 1 aromatic heterocycles. The van der Waals surface area contributed by atoms with Crippen molar-refractivity contribution in [3.63, 3.8) is 0 Å². The summed E-state index contributed by atoms with van der Waals surface area (Å²) in [6.07, 6.45) is 0. The number of aryl methyl sites for hydroxylation is 1. The van der Waals surface area contributed by atoms with Crippen molar-refractivity contribution in [2.45, 2.75) is 13.5 Å². The van der Waals surface area contributed by atoms with Crippen LogP contribution >= 0.6 is 0 Å². The molecule has 1 aromatic carbocycles. The fourth-order valence-electron chi connectivity index (χ4n) is 1.75. The van der Waals surface area contributed by atoms with E-state index in [1.807, 2.05) is 0 Å². The number of aliphatic hydroxyl groups excluding tert-OH is 1. The Balaban J connectivity index is 2.49. The fourth-order valence-corrected chi connectivity index (χ4v) is 1.75. The molecule has 0 fully saturated rings. The van der Waals surface area contributed by atoms with Gasteiger partial charge in [0.1, 0.15) is 6.61 Å². The third-order valence-corrected chi connectivity index (χ3v) is 2.76. The molecule has 0 unspecified atom stereocenters. The lowest BCUT2D eigenvalue weighted by Crippen LogP contribution is -1.99. The molecule has 94 valence electrons. The zero-order chi connectivity index (χ0) is 13.3. The zero-order valence-corrected chi connectivity index (χ0v) is 9.99. The quantitative estimate of drug-likeness (QED) is 0.650. The summed E-state index contributed by atoms with van der Waals surface area (Å²) in [5.41, 5.74) is 1.36. The molecule has 0 saturated heterocycles. The van der Waals surface area contributed by atoms with Crippen LogP contribution in [0.2, 0.25) is 0 Å². The molecular weight excluding hydrogens is 236 g/mol. The summed E-state index contributed by atoms with van der Waals surface area (Å²) in [5.74, 6) is 1.01. The first kappa shape index (κ1) is 12.2. The standard InChI is InChI=1S/C11H12N4O3/c1-7-5-8(3-4-9(7)15(17)18)11-13-12-10(6-16)14(11)2/h3-5,16H,6H2,1-2H3. The maximum Gasteiger partial charge on any atom is 0.272 e. The van der Waals surface area contributed by atoms with E-state index in [1.165, 1.54) is 6.07 Å². The van der Waals surface area contributed by atoms with E-state index in [0.29, 0.717) is 17.2 Å². The van der Waals surface area contributed by atoms with Gasteiger partial charge in [-0.2, -0.15) is 0 Å². The smallest absolute Gasteiger partial charge is 0.272 e. The van der Waals surface area contributed by atoms with Crippen LogP contribution in [-0.4, -0.2) is 24.8 Å². The second kappa shape index (κ2) is 4.53. The minimum absolute atomic E-state index is 0.0725. The van der Waals surface area contributed by atoms with Crippen LogP contribution in [0.1, 0.15) is 11.4 Å². The maximum atomic E-state index is 10.7. The predicted octanol–water partition coefficient (Wildman–Crippen LogP) is 1.19. The predicted molar refractivity (Wildman–Crippen MR) is 63.8 cm³/mol. The molecule has 18 heavy (non-hydrogen) atoms. The Labute approximate surface area is 103 Å². The Morgan fingerprint density at radius 3 is 2.67 bits per heavy atom. The molecule has 0 radical (unpaired) electrons. The summed E-state index contributed by atoms with van der Waals surface area (Å²) < 4.78 is 1.65. The summed E-state index contributed by atoms with van der Waals surface area (Å²) >= 11 is 0. The van der Waals surface area contributed by atoms with E-state index in [1.54, 1.807) is 30.7 Å². The Hall–Kier alpha value is -2.28. The second-order valence-corrected chi connectivity index (χ2v) is 3.92. The first-order chi connectivity index (χ1) is 8.54. The van der Waals surface area contributed by atoms with Crippen molar-refractivity contribution in [2.75, 3.05) is 0 Å². The molecular formula is C11H12N4O3. The van der Waals surface area contributed by atoms with Gasteiger partial charge in [-0.05, 0) is 19.1 Å². The monoisotopic (exact) mass is 248 g/mol. The molecule has 0 atom stereocenters. The minimum Gasteiger partial charge on any atom is -0.388 e. The number of nitro groups is 1. The van der Waals surface area contributed by atoms with Gasteiger partial charge in [0.25, 0.3) is 5.69 Å². The normalized spacial score (nSPS) is 10.6. The van der Waals surface area contributed by atoms with Crippen LogP contribution in [0.25, 0.3) is 11.4 Å². The number of hydrogen-bond donors (Lipinski definition) is 1. The molecule has 1 N–H and O–H groups in total. The second-order valence-electron chi connectivity index (χ2n) is 3.92. The van der Waals surface area contributed by atoms with Crippen molar-refractivity contribution < 1.29 is 10.0 Å². The summed E-state index contributed by atoms with van der Waals surface area (Å²) in [6.45, 7) is 1.47. The molecule has 0 bridgehead atoms. The van der Waals surface area contributed by atoms with Crippen molar-refractivity contribution >= 4 is 5.69 Å². The Kier molecular flexibility index (Phi) is 3.07.